The van der Waals surface area contributed by atoms with Crippen LogP contribution in [-0.4, -0.2) is 19.1 Å². The summed E-state index contributed by atoms with van der Waals surface area (Å²) in [6.07, 6.45) is 11.5. The van der Waals surface area contributed by atoms with Crippen molar-refractivity contribution >= 4 is 0 Å². The maximum absolute atomic E-state index is 6.25. The van der Waals surface area contributed by atoms with Crippen molar-refractivity contribution in [2.75, 3.05) is 13.1 Å². The Balaban J connectivity index is 0.00000106. The van der Waals surface area contributed by atoms with Gasteiger partial charge in [0.05, 0.1) is 19.1 Å². The summed E-state index contributed by atoms with van der Waals surface area (Å²) in [4.78, 5) is 1.92. The molecule has 1 heterocycles. The van der Waals surface area contributed by atoms with Gasteiger partial charge >= 0.3 is 0 Å². The molecule has 2 heteroatoms. The normalized spacial score (nSPS) is 23.8. The predicted molar refractivity (Wildman–Crippen MR) is 67.7 cm³/mol. The van der Waals surface area contributed by atoms with Crippen LogP contribution in [0, 0.1) is 11.8 Å². The van der Waals surface area contributed by atoms with Crippen LogP contribution in [0.25, 0.3) is 0 Å². The van der Waals surface area contributed by atoms with Gasteiger partial charge in [0.25, 0.3) is 0 Å². The van der Waals surface area contributed by atoms with E-state index in [1.165, 1.54) is 64.5 Å². The van der Waals surface area contributed by atoms with E-state index in [9.17, 15) is 0 Å². The van der Waals surface area contributed by atoms with E-state index in [0.717, 1.165) is 6.04 Å². The summed E-state index contributed by atoms with van der Waals surface area (Å²) in [5, 5.41) is 6.25. The molecular formula is C14H28N2. The molecule has 0 aromatic carbocycles. The number of hydrogen-bond acceptors (Lipinski definition) is 1. The molecular weight excluding hydrogens is 196 g/mol. The largest absolute Gasteiger partial charge is 0.512 e. The summed E-state index contributed by atoms with van der Waals surface area (Å²) in [5.74, 6) is 0. The van der Waals surface area contributed by atoms with Gasteiger partial charge in [0.15, 0.2) is 0 Å². The lowest BCUT2D eigenvalue weighted by molar-refractivity contribution is -0.912. The number of quaternary nitrogens is 1. The molecule has 0 amide bonds. The summed E-state index contributed by atoms with van der Waals surface area (Å²) in [6, 6.07) is 1.02. The van der Waals surface area contributed by atoms with Crippen molar-refractivity contribution in [3.05, 3.63) is 6.57 Å². The molecule has 0 bridgehead atoms. The molecule has 0 spiro atoms. The van der Waals surface area contributed by atoms with Crippen LogP contribution in [-0.2, 0) is 0 Å². The van der Waals surface area contributed by atoms with Crippen LogP contribution in [0.15, 0.2) is 0 Å². The maximum atomic E-state index is 6.25. The highest BCUT2D eigenvalue weighted by Crippen LogP contribution is 2.08. The van der Waals surface area contributed by atoms with Crippen LogP contribution in [0.1, 0.15) is 65.2 Å². The van der Waals surface area contributed by atoms with E-state index in [-0.39, 0.29) is 0 Å². The summed E-state index contributed by atoms with van der Waals surface area (Å²) in [5.41, 5.74) is 0. The number of rotatable bonds is 7. The number of likely N-dealkylation sites (tertiary alicyclic amines) is 1. The summed E-state index contributed by atoms with van der Waals surface area (Å²) in [6.45, 7) is 12.3. The van der Waals surface area contributed by atoms with E-state index in [4.69, 9.17) is 11.8 Å². The smallest absolute Gasteiger partial charge is 0.0876 e. The second-order valence-corrected chi connectivity index (χ2v) is 4.85. The molecule has 2 atom stereocenters. The molecule has 0 radical (unpaired) electrons. The van der Waals surface area contributed by atoms with Gasteiger partial charge in [-0.1, -0.05) is 26.7 Å². The average molecular weight is 224 g/mol. The molecule has 1 aliphatic rings. The van der Waals surface area contributed by atoms with Gasteiger partial charge < -0.3 is 16.7 Å². The Morgan fingerprint density at radius 1 is 1.12 bits per heavy atom. The zero-order chi connectivity index (χ0) is 12.2. The topological polar surface area (TPSA) is 28.2 Å². The van der Waals surface area contributed by atoms with Crippen LogP contribution in [0.5, 0.6) is 0 Å². The van der Waals surface area contributed by atoms with E-state index in [2.05, 4.69) is 13.8 Å². The Morgan fingerprint density at radius 3 is 2.44 bits per heavy atom. The molecule has 16 heavy (non-hydrogen) atoms. The van der Waals surface area contributed by atoms with Crippen molar-refractivity contribution in [3.63, 3.8) is 0 Å². The third-order valence-corrected chi connectivity index (χ3v) is 3.64. The summed E-state index contributed by atoms with van der Waals surface area (Å²) < 4.78 is 0. The highest BCUT2D eigenvalue weighted by Gasteiger charge is 2.26. The highest BCUT2D eigenvalue weighted by atomic mass is 15.2. The van der Waals surface area contributed by atoms with Gasteiger partial charge in [-0.2, -0.15) is 0 Å². The monoisotopic (exact) mass is 224 g/mol. The van der Waals surface area contributed by atoms with Gasteiger partial charge in [0, 0.05) is 12.8 Å². The SMILES string of the molecule is CCCCC[NH+]1CCCC1CCCC.[C-]#N. The lowest BCUT2D eigenvalue weighted by Gasteiger charge is -2.21. The Hall–Kier alpha value is -0.550. The van der Waals surface area contributed by atoms with E-state index in [0.29, 0.717) is 0 Å². The molecule has 2 nitrogen and oxygen atoms in total. The molecule has 0 aliphatic carbocycles. The molecule has 1 rings (SSSR count). The Bertz CT molecular complexity index is 165. The van der Waals surface area contributed by atoms with Crippen molar-refractivity contribution < 1.29 is 4.90 Å². The fraction of sp³-hybridized carbons (Fsp3) is 0.929. The van der Waals surface area contributed by atoms with Gasteiger partial charge in [-0.05, 0) is 25.7 Å². The van der Waals surface area contributed by atoms with Crippen LogP contribution in [0.2, 0.25) is 0 Å². The van der Waals surface area contributed by atoms with Crippen LogP contribution in [0.3, 0.4) is 0 Å². The van der Waals surface area contributed by atoms with E-state index >= 15 is 0 Å². The zero-order valence-corrected chi connectivity index (χ0v) is 11.1. The molecule has 94 valence electrons. The zero-order valence-electron chi connectivity index (χ0n) is 11.1. The lowest BCUT2D eigenvalue weighted by atomic mass is 10.1. The number of nitrogens with zero attached hydrogens (tertiary/aromatic N) is 1. The number of nitrogens with one attached hydrogen (secondary N) is 1. The van der Waals surface area contributed by atoms with E-state index in [1.807, 2.05) is 4.90 Å². The molecule has 0 saturated carbocycles. The minimum absolute atomic E-state index is 1.02. The molecule has 0 aromatic rings. The Kier molecular flexibility index (Phi) is 10.6. The number of hydrogen-bond donors (Lipinski definition) is 1. The second-order valence-electron chi connectivity index (χ2n) is 4.85. The maximum Gasteiger partial charge on any atom is 0.0876 e. The first-order valence-electron chi connectivity index (χ1n) is 6.95. The predicted octanol–water partition coefficient (Wildman–Crippen LogP) is 2.51. The molecule has 1 aliphatic heterocycles. The fourth-order valence-corrected chi connectivity index (χ4v) is 2.71. The third-order valence-electron chi connectivity index (χ3n) is 3.64. The summed E-state index contributed by atoms with van der Waals surface area (Å²) >= 11 is 0. The average Bonchev–Trinajstić information content (AvgIpc) is 2.77. The van der Waals surface area contributed by atoms with E-state index < -0.39 is 0 Å². The van der Waals surface area contributed by atoms with Crippen LogP contribution >= 0.6 is 0 Å². The first-order valence-corrected chi connectivity index (χ1v) is 6.95. The van der Waals surface area contributed by atoms with Crippen LogP contribution < -0.4 is 4.90 Å². The quantitative estimate of drug-likeness (QED) is 0.522. The molecule has 1 fully saturated rings. The van der Waals surface area contributed by atoms with Crippen molar-refractivity contribution in [3.8, 4) is 0 Å². The minimum Gasteiger partial charge on any atom is -0.512 e. The van der Waals surface area contributed by atoms with E-state index in [1.54, 1.807) is 0 Å². The second kappa shape index (κ2) is 11.0. The highest BCUT2D eigenvalue weighted by molar-refractivity contribution is 4.62. The first-order chi connectivity index (χ1) is 7.88. The third kappa shape index (κ3) is 6.12. The molecule has 0 aromatic heterocycles. The van der Waals surface area contributed by atoms with Crippen molar-refractivity contribution in [2.45, 2.75) is 71.3 Å². The summed E-state index contributed by atoms with van der Waals surface area (Å²) in [7, 11) is 0. The lowest BCUT2D eigenvalue weighted by Crippen LogP contribution is -3.13. The molecule has 2 unspecified atom stereocenters. The van der Waals surface area contributed by atoms with Gasteiger partial charge in [-0.25, -0.2) is 0 Å². The van der Waals surface area contributed by atoms with Gasteiger partial charge in [-0.3, -0.25) is 0 Å². The van der Waals surface area contributed by atoms with Crippen molar-refractivity contribution in [1.82, 2.24) is 0 Å². The molecule has 1 saturated heterocycles. The van der Waals surface area contributed by atoms with Crippen molar-refractivity contribution in [1.29, 1.82) is 5.26 Å². The standard InChI is InChI=1S/C13H27N.CN/c1-3-5-7-11-14-12-8-10-13(14)9-6-4-2;1-2/h13H,3-12H2,1-2H3;/q;-1/p+1. The fourth-order valence-electron chi connectivity index (χ4n) is 2.71. The number of unbranched alkanes of at least 4 members (excludes halogenated alkanes) is 3. The van der Waals surface area contributed by atoms with Crippen LogP contribution in [0.4, 0.5) is 0 Å². The first kappa shape index (κ1) is 15.4. The Morgan fingerprint density at radius 2 is 1.81 bits per heavy atom. The van der Waals surface area contributed by atoms with Gasteiger partial charge in [-0.15, -0.1) is 0 Å². The molecule has 1 N–H and O–H groups in total. The van der Waals surface area contributed by atoms with Gasteiger partial charge in [0.1, 0.15) is 0 Å². The van der Waals surface area contributed by atoms with Crippen molar-refractivity contribution in [2.24, 2.45) is 0 Å². The van der Waals surface area contributed by atoms with Gasteiger partial charge in [0.2, 0.25) is 0 Å². The minimum atomic E-state index is 1.02. The Labute approximate surface area is 102 Å².